The van der Waals surface area contributed by atoms with Gasteiger partial charge in [0.1, 0.15) is 5.25 Å². The van der Waals surface area contributed by atoms with Crippen molar-refractivity contribution in [3.05, 3.63) is 41.8 Å². The highest BCUT2D eigenvalue weighted by Gasteiger charge is 2.48. The number of aryl methyl sites for hydroxylation is 2. The summed E-state index contributed by atoms with van der Waals surface area (Å²) >= 11 is 1.37. The van der Waals surface area contributed by atoms with Gasteiger partial charge in [-0.15, -0.1) is 0 Å². The summed E-state index contributed by atoms with van der Waals surface area (Å²) in [7, 11) is -3.96. The predicted octanol–water partition coefficient (Wildman–Crippen LogP) is 1.16. The molecule has 2 atom stereocenters. The molecule has 3 N–H and O–H groups in total. The Morgan fingerprint density at radius 2 is 1.96 bits per heavy atom. The normalized spacial score (nSPS) is 23.2. The maximum atomic E-state index is 12.9. The fourth-order valence-corrected chi connectivity index (χ4v) is 4.86. The van der Waals surface area contributed by atoms with Crippen LogP contribution in [0.1, 0.15) is 11.4 Å². The maximum Gasteiger partial charge on any atom is 0.239 e. The number of rotatable bonds is 5. The molecule has 0 fully saturated rings. The van der Waals surface area contributed by atoms with Crippen molar-refractivity contribution in [3.63, 3.8) is 0 Å². The van der Waals surface area contributed by atoms with E-state index in [-0.39, 0.29) is 11.7 Å². The van der Waals surface area contributed by atoms with Gasteiger partial charge in [-0.2, -0.15) is 11.8 Å². The third kappa shape index (κ3) is 3.85. The highest BCUT2D eigenvalue weighted by atomic mass is 32.2. The summed E-state index contributed by atoms with van der Waals surface area (Å²) in [6.07, 6.45) is 8.05. The number of hydrogen-bond acceptors (Lipinski definition) is 6. The van der Waals surface area contributed by atoms with Gasteiger partial charge in [-0.3, -0.25) is 10.1 Å². The van der Waals surface area contributed by atoms with Crippen molar-refractivity contribution >= 4 is 33.6 Å². The lowest BCUT2D eigenvalue weighted by molar-refractivity contribution is -0.122. The lowest BCUT2D eigenvalue weighted by atomic mass is 9.82. The van der Waals surface area contributed by atoms with E-state index in [9.17, 15) is 13.2 Å². The molecule has 7 nitrogen and oxygen atoms in total. The minimum atomic E-state index is -3.96. The quantitative estimate of drug-likeness (QED) is 0.806. The lowest BCUT2D eigenvalue weighted by Crippen LogP contribution is -2.51. The number of sulfonamides is 1. The molecule has 0 bridgehead atoms. The smallest absolute Gasteiger partial charge is 0.239 e. The second kappa shape index (κ2) is 7.04. The van der Waals surface area contributed by atoms with Crippen LogP contribution < -0.4 is 10.5 Å². The van der Waals surface area contributed by atoms with Gasteiger partial charge in [0.15, 0.2) is 0 Å². The molecule has 1 amide bonds. The molecule has 0 saturated carbocycles. The molecule has 130 valence electrons. The van der Waals surface area contributed by atoms with Crippen LogP contribution in [-0.4, -0.2) is 41.6 Å². The molecule has 24 heavy (non-hydrogen) atoms. The zero-order valence-corrected chi connectivity index (χ0v) is 15.3. The van der Waals surface area contributed by atoms with Crippen molar-refractivity contribution in [3.8, 4) is 0 Å². The zero-order chi connectivity index (χ0) is 18.0. The average molecular weight is 368 g/mol. The Labute approximate surface area is 145 Å². The molecule has 2 rings (SSSR count). The van der Waals surface area contributed by atoms with E-state index < -0.39 is 26.6 Å². The summed E-state index contributed by atoms with van der Waals surface area (Å²) in [4.78, 5) is 21.3. The van der Waals surface area contributed by atoms with Crippen LogP contribution in [0.15, 0.2) is 30.4 Å². The summed E-state index contributed by atoms with van der Waals surface area (Å²) < 4.78 is 24.0. The second-order valence-corrected chi connectivity index (χ2v) is 8.21. The second-order valence-electron chi connectivity index (χ2n) is 5.66. The fraction of sp³-hybridized carbons (Fsp3) is 0.400. The molecule has 0 spiro atoms. The van der Waals surface area contributed by atoms with Gasteiger partial charge in [-0.05, 0) is 26.2 Å². The number of nitrogens with zero attached hydrogens (tertiary/aromatic N) is 2. The topological polar surface area (TPSA) is 115 Å². The van der Waals surface area contributed by atoms with Crippen LogP contribution in [0, 0.1) is 19.3 Å². The molecule has 1 aliphatic rings. The van der Waals surface area contributed by atoms with Gasteiger partial charge < -0.3 is 0 Å². The van der Waals surface area contributed by atoms with Gasteiger partial charge in [0.2, 0.25) is 21.9 Å². The van der Waals surface area contributed by atoms with Crippen molar-refractivity contribution in [2.45, 2.75) is 19.1 Å². The fourth-order valence-electron chi connectivity index (χ4n) is 2.70. The molecule has 0 aromatic carbocycles. The number of carbonyl (C=O) groups is 1. The van der Waals surface area contributed by atoms with Crippen molar-refractivity contribution in [2.24, 2.45) is 10.6 Å². The zero-order valence-electron chi connectivity index (χ0n) is 13.7. The van der Waals surface area contributed by atoms with Crippen LogP contribution in [0.5, 0.6) is 0 Å². The summed E-state index contributed by atoms with van der Waals surface area (Å²) in [5.74, 6) is -0.0958. The lowest BCUT2D eigenvalue weighted by Gasteiger charge is -2.35. The van der Waals surface area contributed by atoms with Crippen LogP contribution in [0.2, 0.25) is 0 Å². The number of hydrogen-bond donors (Lipinski definition) is 2. The van der Waals surface area contributed by atoms with Crippen LogP contribution in [-0.2, 0) is 14.8 Å². The minimum absolute atomic E-state index is 0.147. The Kier molecular flexibility index (Phi) is 5.46. The molecule has 9 heteroatoms. The van der Waals surface area contributed by atoms with Gasteiger partial charge in [-0.1, -0.05) is 24.3 Å². The number of carbonyl (C=O) groups excluding carboxylic acids is 1. The first-order valence-electron chi connectivity index (χ1n) is 7.19. The summed E-state index contributed by atoms with van der Waals surface area (Å²) in [6, 6.07) is 1.78. The van der Waals surface area contributed by atoms with E-state index in [4.69, 9.17) is 5.14 Å². The number of amides is 1. The Morgan fingerprint density at radius 1 is 1.33 bits per heavy atom. The van der Waals surface area contributed by atoms with E-state index >= 15 is 0 Å². The Hall–Kier alpha value is -1.71. The largest absolute Gasteiger partial charge is 0.294 e. The SMILES string of the molecule is CSCC1(C(=O)Nc2nc(C)cc(C)n2)C=CC=CC1S(N)(=O)=O. The number of nitrogens with one attached hydrogen (secondary N) is 1. The molecular formula is C15H20N4O3S2. The summed E-state index contributed by atoms with van der Waals surface area (Å²) in [5.41, 5.74) is 0.0977. The summed E-state index contributed by atoms with van der Waals surface area (Å²) in [5, 5.41) is 6.86. The average Bonchev–Trinajstić information content (AvgIpc) is 2.45. The Balaban J connectivity index is 2.43. The Morgan fingerprint density at radius 3 is 2.50 bits per heavy atom. The number of anilines is 1. The van der Waals surface area contributed by atoms with Crippen LogP contribution >= 0.6 is 11.8 Å². The van der Waals surface area contributed by atoms with Crippen molar-refractivity contribution in [1.29, 1.82) is 0 Å². The van der Waals surface area contributed by atoms with E-state index in [2.05, 4.69) is 15.3 Å². The predicted molar refractivity (Wildman–Crippen MR) is 96.1 cm³/mol. The van der Waals surface area contributed by atoms with Crippen molar-refractivity contribution in [2.75, 3.05) is 17.3 Å². The van der Waals surface area contributed by atoms with E-state index in [0.29, 0.717) is 11.4 Å². The Bertz CT molecular complexity index is 785. The third-order valence-corrected chi connectivity index (χ3v) is 5.72. The molecule has 0 saturated heterocycles. The molecule has 0 radical (unpaired) electrons. The van der Waals surface area contributed by atoms with Gasteiger partial charge in [-0.25, -0.2) is 23.5 Å². The monoisotopic (exact) mass is 368 g/mol. The number of primary sulfonamides is 1. The van der Waals surface area contributed by atoms with E-state index in [0.717, 1.165) is 0 Å². The standard InChI is InChI=1S/C15H20N4O3S2/c1-10-8-11(2)18-14(17-10)19-13(20)15(9-23-3)7-5-4-6-12(15)24(16,21)22/h4-8,12H,9H2,1-3H3,(H2,16,21,22)(H,17,18,19,20). The number of thioether (sulfide) groups is 1. The summed E-state index contributed by atoms with van der Waals surface area (Å²) in [6.45, 7) is 3.58. The van der Waals surface area contributed by atoms with Crippen LogP contribution in [0.3, 0.4) is 0 Å². The van der Waals surface area contributed by atoms with Crippen molar-refractivity contribution in [1.82, 2.24) is 9.97 Å². The van der Waals surface area contributed by atoms with Gasteiger partial charge in [0.25, 0.3) is 0 Å². The molecule has 1 aliphatic carbocycles. The maximum absolute atomic E-state index is 12.9. The number of aromatic nitrogens is 2. The highest BCUT2D eigenvalue weighted by Crippen LogP contribution is 2.36. The van der Waals surface area contributed by atoms with Gasteiger partial charge in [0.05, 0.1) is 5.41 Å². The molecule has 1 aromatic rings. The van der Waals surface area contributed by atoms with E-state index in [1.807, 2.05) is 0 Å². The first-order valence-corrected chi connectivity index (χ1v) is 10.2. The first kappa shape index (κ1) is 18.6. The number of nitrogens with two attached hydrogens (primary N) is 1. The molecule has 1 heterocycles. The van der Waals surface area contributed by atoms with E-state index in [1.165, 1.54) is 17.8 Å². The van der Waals surface area contributed by atoms with Crippen molar-refractivity contribution < 1.29 is 13.2 Å². The number of allylic oxidation sites excluding steroid dienone is 2. The molecule has 0 aliphatic heterocycles. The third-order valence-electron chi connectivity index (χ3n) is 3.67. The molecule has 2 unspecified atom stereocenters. The highest BCUT2D eigenvalue weighted by molar-refractivity contribution is 7.98. The first-order chi connectivity index (χ1) is 11.2. The van der Waals surface area contributed by atoms with E-state index in [1.54, 1.807) is 44.4 Å². The minimum Gasteiger partial charge on any atom is -0.294 e. The van der Waals surface area contributed by atoms with Gasteiger partial charge in [0, 0.05) is 17.1 Å². The molecule has 1 aromatic heterocycles. The van der Waals surface area contributed by atoms with Gasteiger partial charge >= 0.3 is 0 Å². The molecular weight excluding hydrogens is 348 g/mol. The van der Waals surface area contributed by atoms with Crippen LogP contribution in [0.4, 0.5) is 5.95 Å². The van der Waals surface area contributed by atoms with Crippen LogP contribution in [0.25, 0.3) is 0 Å².